The maximum absolute atomic E-state index is 12.6. The molecular weight excluding hydrogens is 356 g/mol. The van der Waals surface area contributed by atoms with E-state index in [1.807, 2.05) is 60.0 Å². The summed E-state index contributed by atoms with van der Waals surface area (Å²) in [5.74, 6) is -0.488. The van der Waals surface area contributed by atoms with Gasteiger partial charge in [-0.2, -0.15) is 0 Å². The first-order valence-corrected chi connectivity index (χ1v) is 8.92. The summed E-state index contributed by atoms with van der Waals surface area (Å²) in [6.07, 6.45) is 1.70. The van der Waals surface area contributed by atoms with Crippen LogP contribution in [-0.4, -0.2) is 28.7 Å². The standard InChI is InChI=1S/C21H20N4O3/c1-13-7-9-14(10-8-13)19-18(20(26)28-2)16(23-21(27)24-19)11-25-12-22-15-5-3-4-6-17(15)25/h3-10,12,19H,11H2,1-2H3,(H2,23,24,27)/t19-/m1/s1. The highest BCUT2D eigenvalue weighted by Crippen LogP contribution is 2.29. The van der Waals surface area contributed by atoms with Crippen molar-refractivity contribution in [1.29, 1.82) is 0 Å². The van der Waals surface area contributed by atoms with Gasteiger partial charge in [0.15, 0.2) is 0 Å². The maximum atomic E-state index is 12.6. The minimum absolute atomic E-state index is 0.292. The number of ether oxygens (including phenoxy) is 1. The van der Waals surface area contributed by atoms with Crippen molar-refractivity contribution in [1.82, 2.24) is 20.2 Å². The third-order valence-corrected chi connectivity index (χ3v) is 4.83. The molecule has 1 aliphatic heterocycles. The van der Waals surface area contributed by atoms with Crippen molar-refractivity contribution < 1.29 is 14.3 Å². The van der Waals surface area contributed by atoms with Crippen LogP contribution < -0.4 is 10.6 Å². The third kappa shape index (κ3) is 3.22. The quantitative estimate of drug-likeness (QED) is 0.686. The Morgan fingerprint density at radius 1 is 1.18 bits per heavy atom. The summed E-state index contributed by atoms with van der Waals surface area (Å²) in [4.78, 5) is 29.3. The van der Waals surface area contributed by atoms with Gasteiger partial charge in [0.05, 0.1) is 48.3 Å². The first-order valence-electron chi connectivity index (χ1n) is 8.92. The lowest BCUT2D eigenvalue weighted by atomic mass is 9.94. The number of aryl methyl sites for hydroxylation is 1. The molecule has 7 heteroatoms. The Kier molecular flexibility index (Phi) is 4.57. The SMILES string of the molecule is COC(=O)C1=C(Cn2cnc3ccccc32)NC(=O)N[C@@H]1c1ccc(C)cc1. The highest BCUT2D eigenvalue weighted by atomic mass is 16.5. The predicted octanol–water partition coefficient (Wildman–Crippen LogP) is 2.83. The number of allylic oxidation sites excluding steroid dienone is 1. The number of carbonyl (C=O) groups is 2. The second-order valence-corrected chi connectivity index (χ2v) is 6.69. The summed E-state index contributed by atoms with van der Waals surface area (Å²) >= 11 is 0. The van der Waals surface area contributed by atoms with Crippen LogP contribution in [0, 0.1) is 6.92 Å². The van der Waals surface area contributed by atoms with Gasteiger partial charge in [0.1, 0.15) is 0 Å². The van der Waals surface area contributed by atoms with Gasteiger partial charge in [-0.25, -0.2) is 14.6 Å². The molecular formula is C21H20N4O3. The van der Waals surface area contributed by atoms with E-state index >= 15 is 0 Å². The van der Waals surface area contributed by atoms with Crippen LogP contribution in [0.15, 0.2) is 66.1 Å². The Balaban J connectivity index is 1.81. The van der Waals surface area contributed by atoms with Gasteiger partial charge in [0.25, 0.3) is 0 Å². The Hall–Kier alpha value is -3.61. The summed E-state index contributed by atoms with van der Waals surface area (Å²) in [6.45, 7) is 2.28. The summed E-state index contributed by atoms with van der Waals surface area (Å²) in [5, 5.41) is 5.61. The molecule has 2 N–H and O–H groups in total. The van der Waals surface area contributed by atoms with Crippen molar-refractivity contribution in [3.05, 3.63) is 77.3 Å². The Labute approximate surface area is 162 Å². The summed E-state index contributed by atoms with van der Waals surface area (Å²) in [6, 6.07) is 14.4. The predicted molar refractivity (Wildman–Crippen MR) is 104 cm³/mol. The number of methoxy groups -OCH3 is 1. The van der Waals surface area contributed by atoms with Gasteiger partial charge in [0.2, 0.25) is 0 Å². The van der Waals surface area contributed by atoms with Gasteiger partial charge in [-0.3, -0.25) is 0 Å². The lowest BCUT2D eigenvalue weighted by Gasteiger charge is -2.29. The molecule has 4 rings (SSSR count). The molecule has 7 nitrogen and oxygen atoms in total. The molecule has 0 saturated heterocycles. The normalized spacial score (nSPS) is 16.6. The van der Waals surface area contributed by atoms with Crippen LogP contribution in [-0.2, 0) is 16.1 Å². The topological polar surface area (TPSA) is 85.2 Å². The summed E-state index contributed by atoms with van der Waals surface area (Å²) in [5.41, 5.74) is 4.54. The highest BCUT2D eigenvalue weighted by Gasteiger charge is 2.33. The van der Waals surface area contributed by atoms with E-state index in [9.17, 15) is 9.59 Å². The van der Waals surface area contributed by atoms with Crippen molar-refractivity contribution in [2.24, 2.45) is 0 Å². The zero-order valence-corrected chi connectivity index (χ0v) is 15.6. The number of nitrogens with zero attached hydrogens (tertiary/aromatic N) is 2. The number of hydrogen-bond acceptors (Lipinski definition) is 4. The molecule has 28 heavy (non-hydrogen) atoms. The first kappa shape index (κ1) is 17.8. The van der Waals surface area contributed by atoms with Crippen LogP contribution in [0.2, 0.25) is 0 Å². The van der Waals surface area contributed by atoms with Gasteiger partial charge in [-0.15, -0.1) is 0 Å². The van der Waals surface area contributed by atoms with Gasteiger partial charge < -0.3 is 19.9 Å². The Morgan fingerprint density at radius 2 is 1.93 bits per heavy atom. The van der Waals surface area contributed by atoms with Crippen molar-refractivity contribution in [3.8, 4) is 0 Å². The lowest BCUT2D eigenvalue weighted by molar-refractivity contribution is -0.136. The van der Waals surface area contributed by atoms with Gasteiger partial charge in [-0.05, 0) is 24.6 Å². The molecule has 1 aliphatic rings. The third-order valence-electron chi connectivity index (χ3n) is 4.83. The molecule has 0 spiro atoms. The van der Waals surface area contributed by atoms with Crippen LogP contribution in [0.3, 0.4) is 0 Å². The average molecular weight is 376 g/mol. The number of benzene rings is 2. The van der Waals surface area contributed by atoms with E-state index < -0.39 is 12.0 Å². The molecule has 0 fully saturated rings. The van der Waals surface area contributed by atoms with Crippen molar-refractivity contribution in [2.45, 2.75) is 19.5 Å². The van der Waals surface area contributed by atoms with E-state index in [1.54, 1.807) is 6.33 Å². The fourth-order valence-electron chi connectivity index (χ4n) is 3.41. The Morgan fingerprint density at radius 3 is 2.68 bits per heavy atom. The zero-order chi connectivity index (χ0) is 19.7. The second-order valence-electron chi connectivity index (χ2n) is 6.69. The number of imidazole rings is 1. The number of aromatic nitrogens is 2. The van der Waals surface area contributed by atoms with Gasteiger partial charge in [-0.1, -0.05) is 42.0 Å². The molecule has 2 heterocycles. The molecule has 2 amide bonds. The lowest BCUT2D eigenvalue weighted by Crippen LogP contribution is -2.46. The second kappa shape index (κ2) is 7.19. The maximum Gasteiger partial charge on any atom is 0.338 e. The highest BCUT2D eigenvalue weighted by molar-refractivity contribution is 5.95. The first-order chi connectivity index (χ1) is 13.6. The van der Waals surface area contributed by atoms with E-state index in [0.717, 1.165) is 22.2 Å². The van der Waals surface area contributed by atoms with Crippen LogP contribution in [0.1, 0.15) is 17.2 Å². The van der Waals surface area contributed by atoms with Crippen molar-refractivity contribution in [2.75, 3.05) is 7.11 Å². The van der Waals surface area contributed by atoms with Crippen LogP contribution in [0.4, 0.5) is 4.79 Å². The molecule has 0 radical (unpaired) electrons. The number of urea groups is 1. The van der Waals surface area contributed by atoms with E-state index in [4.69, 9.17) is 4.74 Å². The average Bonchev–Trinajstić information content (AvgIpc) is 3.10. The monoisotopic (exact) mass is 376 g/mol. The van der Waals surface area contributed by atoms with Crippen LogP contribution in [0.5, 0.6) is 0 Å². The van der Waals surface area contributed by atoms with Gasteiger partial charge >= 0.3 is 12.0 Å². The van der Waals surface area contributed by atoms with Crippen LogP contribution >= 0.6 is 0 Å². The number of amides is 2. The molecule has 1 aromatic heterocycles. The molecule has 0 aliphatic carbocycles. The van der Waals surface area contributed by atoms with E-state index in [2.05, 4.69) is 15.6 Å². The fraction of sp³-hybridized carbons (Fsp3) is 0.190. The summed E-state index contributed by atoms with van der Waals surface area (Å²) in [7, 11) is 1.34. The zero-order valence-electron chi connectivity index (χ0n) is 15.6. The smallest absolute Gasteiger partial charge is 0.338 e. The number of esters is 1. The fourth-order valence-corrected chi connectivity index (χ4v) is 3.41. The number of fused-ring (bicyclic) bond motifs is 1. The van der Waals surface area contributed by atoms with Gasteiger partial charge in [0, 0.05) is 0 Å². The van der Waals surface area contributed by atoms with Crippen molar-refractivity contribution in [3.63, 3.8) is 0 Å². The minimum atomic E-state index is -0.591. The van der Waals surface area contributed by atoms with E-state index in [1.165, 1.54) is 7.11 Å². The molecule has 142 valence electrons. The molecule has 1 atom stereocenters. The largest absolute Gasteiger partial charge is 0.466 e. The Bertz CT molecular complexity index is 1080. The molecule has 0 unspecified atom stereocenters. The molecule has 3 aromatic rings. The van der Waals surface area contributed by atoms with E-state index in [0.29, 0.717) is 17.8 Å². The minimum Gasteiger partial charge on any atom is -0.466 e. The van der Waals surface area contributed by atoms with Crippen LogP contribution in [0.25, 0.3) is 11.0 Å². The molecule has 0 saturated carbocycles. The number of para-hydroxylation sites is 2. The number of nitrogens with one attached hydrogen (secondary N) is 2. The number of rotatable bonds is 4. The molecule has 0 bridgehead atoms. The van der Waals surface area contributed by atoms with Crippen molar-refractivity contribution >= 4 is 23.0 Å². The number of carbonyl (C=O) groups excluding carboxylic acids is 2. The summed E-state index contributed by atoms with van der Waals surface area (Å²) < 4.78 is 6.92. The number of hydrogen-bond donors (Lipinski definition) is 2. The molecule has 2 aromatic carbocycles. The van der Waals surface area contributed by atoms with E-state index in [-0.39, 0.29) is 6.03 Å².